The van der Waals surface area contributed by atoms with Crippen molar-refractivity contribution in [3.8, 4) is 0 Å². The molecule has 0 unspecified atom stereocenters. The topological polar surface area (TPSA) is 65.1 Å². The smallest absolute Gasteiger partial charge is 0.198 e. The van der Waals surface area contributed by atoms with E-state index in [4.69, 9.17) is 8.42 Å². The van der Waals surface area contributed by atoms with E-state index in [1.54, 1.807) is 0 Å². The molecular formula is C10H14N2O2S. The molecule has 2 rings (SSSR count). The van der Waals surface area contributed by atoms with E-state index in [9.17, 15) is 0 Å². The highest BCUT2D eigenvalue weighted by Gasteiger charge is 1.98. The van der Waals surface area contributed by atoms with E-state index in [0.29, 0.717) is 0 Å². The molecule has 2 aromatic rings. The van der Waals surface area contributed by atoms with Crippen LogP contribution in [0.1, 0.15) is 5.69 Å². The van der Waals surface area contributed by atoms with E-state index in [-0.39, 0.29) is 0 Å². The number of thiol groups is 1. The van der Waals surface area contributed by atoms with Crippen LogP contribution in [0.5, 0.6) is 0 Å². The van der Waals surface area contributed by atoms with Gasteiger partial charge in [-0.3, -0.25) is 0 Å². The number of rotatable bonds is 0. The zero-order valence-electron chi connectivity index (χ0n) is 8.68. The molecule has 0 aliphatic rings. The number of nitrogens with zero attached hydrogens (tertiary/aromatic N) is 1. The molecule has 82 valence electrons. The summed E-state index contributed by atoms with van der Waals surface area (Å²) in [6.45, 7) is 2.12. The minimum Gasteiger partial charge on any atom is -0.348 e. The molecule has 0 fully saturated rings. The Morgan fingerprint density at radius 3 is 2.33 bits per heavy atom. The average molecular weight is 226 g/mol. The van der Waals surface area contributed by atoms with Gasteiger partial charge >= 0.3 is 0 Å². The molecule has 4 nitrogen and oxygen atoms in total. The predicted octanol–water partition coefficient (Wildman–Crippen LogP) is 0.958. The molecule has 2 N–H and O–H groups in total. The van der Waals surface area contributed by atoms with Gasteiger partial charge in [0.1, 0.15) is 0 Å². The van der Waals surface area contributed by atoms with Crippen molar-refractivity contribution in [3.63, 3.8) is 0 Å². The van der Waals surface area contributed by atoms with Gasteiger partial charge in [-0.05, 0) is 24.4 Å². The first-order valence-corrected chi connectivity index (χ1v) is 5.67. The third kappa shape index (κ3) is 3.07. The van der Waals surface area contributed by atoms with Crippen molar-refractivity contribution in [3.05, 3.63) is 36.0 Å². The van der Waals surface area contributed by atoms with Crippen LogP contribution in [0, 0.1) is 6.92 Å². The summed E-state index contributed by atoms with van der Waals surface area (Å²) in [5.74, 6) is 0. The van der Waals surface area contributed by atoms with Gasteiger partial charge in [0, 0.05) is 18.3 Å². The minimum atomic E-state index is -2.62. The highest BCUT2D eigenvalue weighted by Crippen LogP contribution is 2.16. The Hall–Kier alpha value is -1.33. The predicted molar refractivity (Wildman–Crippen MR) is 62.2 cm³/mol. The summed E-state index contributed by atoms with van der Waals surface area (Å²) in [5.41, 5.74) is 2.62. The number of benzene rings is 1. The Morgan fingerprint density at radius 2 is 1.80 bits per heavy atom. The van der Waals surface area contributed by atoms with E-state index in [1.807, 2.05) is 0 Å². The van der Waals surface area contributed by atoms with Gasteiger partial charge in [-0.15, -0.1) is 0 Å². The molecule has 0 spiro atoms. The lowest BCUT2D eigenvalue weighted by Crippen LogP contribution is -1.88. The van der Waals surface area contributed by atoms with Gasteiger partial charge in [-0.1, -0.05) is 18.2 Å². The molecule has 0 radical (unpaired) electrons. The fraction of sp³-hybridized carbons (Fsp3) is 0.200. The summed E-state index contributed by atoms with van der Waals surface area (Å²) in [6.07, 6.45) is 0. The van der Waals surface area contributed by atoms with Crippen LogP contribution in [-0.4, -0.2) is 13.0 Å². The first kappa shape index (κ1) is 11.7. The number of hydrogen-bond acceptors (Lipinski definition) is 2. The van der Waals surface area contributed by atoms with Crippen molar-refractivity contribution in [2.45, 2.75) is 6.92 Å². The summed E-state index contributed by atoms with van der Waals surface area (Å²) in [6, 6.07) is 10.6. The summed E-state index contributed by atoms with van der Waals surface area (Å²) in [5, 5.41) is 5.39. The van der Waals surface area contributed by atoms with Gasteiger partial charge in [-0.25, -0.2) is 13.6 Å². The average Bonchev–Trinajstić information content (AvgIpc) is 2.43. The molecule has 0 atom stereocenters. The van der Waals surface area contributed by atoms with Crippen LogP contribution >= 0.6 is 0 Å². The Kier molecular flexibility index (Phi) is 3.88. The fourth-order valence-corrected chi connectivity index (χ4v) is 1.43. The Morgan fingerprint density at radius 1 is 1.27 bits per heavy atom. The highest BCUT2D eigenvalue weighted by atomic mass is 32.2. The van der Waals surface area contributed by atoms with Gasteiger partial charge in [0.2, 0.25) is 0 Å². The third-order valence-electron chi connectivity index (χ3n) is 2.19. The molecule has 15 heavy (non-hydrogen) atoms. The standard InChI is InChI=1S/C10H11N.H3NO2S/c1-8-7-9-5-3-4-6-10(9)11(8)2;1-4(2)3/h3-7H,1-2H3;4H,(H2,1,2,3). The maximum absolute atomic E-state index is 8.81. The fourth-order valence-electron chi connectivity index (χ4n) is 1.43. The number of para-hydroxylation sites is 1. The van der Waals surface area contributed by atoms with Crippen LogP contribution in [0.4, 0.5) is 0 Å². The highest BCUT2D eigenvalue weighted by molar-refractivity contribution is 7.69. The summed E-state index contributed by atoms with van der Waals surface area (Å²) in [4.78, 5) is 0. The quantitative estimate of drug-likeness (QED) is 0.657. The molecular weight excluding hydrogens is 212 g/mol. The first-order chi connectivity index (χ1) is 7.02. The van der Waals surface area contributed by atoms with E-state index in [1.165, 1.54) is 16.6 Å². The van der Waals surface area contributed by atoms with Gasteiger partial charge < -0.3 is 4.57 Å². The zero-order chi connectivity index (χ0) is 11.4. The van der Waals surface area contributed by atoms with Crippen molar-refractivity contribution in [2.24, 2.45) is 12.2 Å². The molecule has 0 saturated heterocycles. The van der Waals surface area contributed by atoms with Crippen molar-refractivity contribution in [2.75, 3.05) is 0 Å². The molecule has 0 saturated carbocycles. The third-order valence-corrected chi connectivity index (χ3v) is 2.19. The zero-order valence-corrected chi connectivity index (χ0v) is 9.57. The number of aromatic nitrogens is 1. The van der Waals surface area contributed by atoms with E-state index in [0.717, 1.165) is 0 Å². The monoisotopic (exact) mass is 226 g/mol. The second-order valence-corrected chi connectivity index (χ2v) is 3.76. The lowest BCUT2D eigenvalue weighted by Gasteiger charge is -1.96. The van der Waals surface area contributed by atoms with Gasteiger partial charge in [-0.2, -0.15) is 0 Å². The van der Waals surface area contributed by atoms with Crippen LogP contribution in [0.3, 0.4) is 0 Å². The molecule has 0 amide bonds. The number of fused-ring (bicyclic) bond motifs is 1. The van der Waals surface area contributed by atoms with Crippen LogP contribution in [0.25, 0.3) is 10.9 Å². The van der Waals surface area contributed by atoms with Crippen molar-refractivity contribution in [1.29, 1.82) is 0 Å². The second kappa shape index (κ2) is 4.95. The Bertz CT molecular complexity index is 521. The van der Waals surface area contributed by atoms with Gasteiger partial charge in [0.15, 0.2) is 10.9 Å². The summed E-state index contributed by atoms with van der Waals surface area (Å²) < 4.78 is 19.8. The molecule has 0 aliphatic heterocycles. The second-order valence-electron chi connectivity index (χ2n) is 3.19. The number of aryl methyl sites for hydroxylation is 2. The van der Waals surface area contributed by atoms with Crippen molar-refractivity contribution >= 4 is 21.8 Å². The van der Waals surface area contributed by atoms with Crippen LogP contribution in [0.2, 0.25) is 0 Å². The van der Waals surface area contributed by atoms with Crippen molar-refractivity contribution < 1.29 is 8.42 Å². The lowest BCUT2D eigenvalue weighted by molar-refractivity contribution is 0.616. The van der Waals surface area contributed by atoms with Gasteiger partial charge in [0.25, 0.3) is 0 Å². The molecule has 5 heteroatoms. The summed E-state index contributed by atoms with van der Waals surface area (Å²) in [7, 11) is -0.525. The van der Waals surface area contributed by atoms with E-state index < -0.39 is 10.9 Å². The number of nitrogens with two attached hydrogens (primary N) is 1. The van der Waals surface area contributed by atoms with Crippen LogP contribution < -0.4 is 5.14 Å². The minimum absolute atomic E-state index is 1.31. The van der Waals surface area contributed by atoms with E-state index >= 15 is 0 Å². The molecule has 1 heterocycles. The maximum atomic E-state index is 8.81. The number of hydrogen-bond donors (Lipinski definition) is 2. The Balaban J connectivity index is 0.000000245. The summed E-state index contributed by atoms with van der Waals surface area (Å²) >= 11 is 0. The van der Waals surface area contributed by atoms with Crippen LogP contribution in [0.15, 0.2) is 30.3 Å². The molecule has 1 aromatic carbocycles. The first-order valence-electron chi connectivity index (χ1n) is 4.42. The molecule has 0 aliphatic carbocycles. The van der Waals surface area contributed by atoms with Crippen LogP contribution in [-0.2, 0) is 17.9 Å². The van der Waals surface area contributed by atoms with Gasteiger partial charge in [0.05, 0.1) is 0 Å². The normalized spacial score (nSPS) is 10.1. The molecule has 0 bridgehead atoms. The SMILES string of the molecule is Cc1cc2ccccc2n1C.N[SH](=O)=O. The van der Waals surface area contributed by atoms with E-state index in [2.05, 4.69) is 54.0 Å². The largest absolute Gasteiger partial charge is 0.348 e. The lowest BCUT2D eigenvalue weighted by atomic mass is 10.2. The maximum Gasteiger partial charge on any atom is 0.198 e. The molecule has 1 aromatic heterocycles. The van der Waals surface area contributed by atoms with Crippen molar-refractivity contribution in [1.82, 2.24) is 4.57 Å². The Labute approximate surface area is 90.4 Å².